The quantitative estimate of drug-likeness (QED) is 0.189. The zero-order valence-corrected chi connectivity index (χ0v) is 27.8. The molecular formula is C41H37N3S2. The molecule has 0 amide bonds. The molecule has 1 aliphatic carbocycles. The minimum Gasteiger partial charge on any atom is -0.357 e. The molecule has 0 bridgehead atoms. The van der Waals surface area contributed by atoms with Gasteiger partial charge in [-0.2, -0.15) is 0 Å². The molecule has 2 aromatic heterocycles. The van der Waals surface area contributed by atoms with Gasteiger partial charge in [-0.05, 0) is 83.1 Å². The lowest BCUT2D eigenvalue weighted by molar-refractivity contribution is 0.928. The number of hydrogen-bond acceptors (Lipinski definition) is 4. The van der Waals surface area contributed by atoms with Crippen molar-refractivity contribution in [1.82, 2.24) is 9.55 Å². The van der Waals surface area contributed by atoms with Crippen molar-refractivity contribution in [3.63, 3.8) is 0 Å². The summed E-state index contributed by atoms with van der Waals surface area (Å²) in [6.45, 7) is 3.21. The molecule has 5 aromatic carbocycles. The first-order chi connectivity index (χ1) is 22.7. The van der Waals surface area contributed by atoms with Crippen LogP contribution in [0.3, 0.4) is 0 Å². The van der Waals surface area contributed by atoms with Crippen molar-refractivity contribution in [3.05, 3.63) is 174 Å². The van der Waals surface area contributed by atoms with Crippen LogP contribution in [0.4, 0.5) is 11.4 Å². The molecule has 46 heavy (non-hydrogen) atoms. The average molecular weight is 636 g/mol. The Labute approximate surface area is 280 Å². The van der Waals surface area contributed by atoms with Crippen LogP contribution in [-0.2, 0) is 13.5 Å². The fourth-order valence-corrected chi connectivity index (χ4v) is 7.12. The van der Waals surface area contributed by atoms with Gasteiger partial charge in [0.15, 0.2) is 0 Å². The summed E-state index contributed by atoms with van der Waals surface area (Å²) in [6, 6.07) is 47.3. The van der Waals surface area contributed by atoms with Crippen molar-refractivity contribution in [2.45, 2.75) is 23.1 Å². The van der Waals surface area contributed by atoms with E-state index < -0.39 is 0 Å². The molecular weight excluding hydrogens is 599 g/mol. The average Bonchev–Trinajstić information content (AvgIpc) is 3.92. The fraction of sp³-hybridized carbons (Fsp3) is 0.0976. The molecule has 0 unspecified atom stereocenters. The molecule has 0 spiro atoms. The third kappa shape index (κ3) is 7.51. The second kappa shape index (κ2) is 15.4. The van der Waals surface area contributed by atoms with Crippen molar-refractivity contribution >= 4 is 34.5 Å². The molecule has 0 saturated carbocycles. The highest BCUT2D eigenvalue weighted by atomic mass is 32.2. The summed E-state index contributed by atoms with van der Waals surface area (Å²) >= 11 is 3.46. The van der Waals surface area contributed by atoms with Gasteiger partial charge in [0.05, 0.1) is 16.9 Å². The van der Waals surface area contributed by atoms with Gasteiger partial charge in [-0.3, -0.25) is 4.98 Å². The SMILES string of the molecule is CCN1c2ccccc2Sc2ccccc21.Cn1cccc1.c1ccc(-c2ccc3c(c2)Cc2ccccc2-3)cc1.c1cscn1. The number of para-hydroxylation sites is 2. The maximum Gasteiger partial charge on any atom is 0.0791 e. The van der Waals surface area contributed by atoms with E-state index in [9.17, 15) is 0 Å². The van der Waals surface area contributed by atoms with Crippen LogP contribution in [0.15, 0.2) is 173 Å². The molecule has 7 aromatic rings. The number of anilines is 2. The third-order valence-electron chi connectivity index (χ3n) is 7.85. The van der Waals surface area contributed by atoms with Gasteiger partial charge in [0.25, 0.3) is 0 Å². The van der Waals surface area contributed by atoms with E-state index in [1.807, 2.05) is 53.3 Å². The van der Waals surface area contributed by atoms with Crippen molar-refractivity contribution in [3.8, 4) is 22.3 Å². The van der Waals surface area contributed by atoms with Crippen LogP contribution >= 0.6 is 23.1 Å². The van der Waals surface area contributed by atoms with Gasteiger partial charge in [-0.1, -0.05) is 109 Å². The Bertz CT molecular complexity index is 1890. The number of hydrogen-bond donors (Lipinski definition) is 0. The van der Waals surface area contributed by atoms with Crippen molar-refractivity contribution in [1.29, 1.82) is 0 Å². The Morgan fingerprint density at radius 1 is 0.630 bits per heavy atom. The second-order valence-electron chi connectivity index (χ2n) is 10.9. The van der Waals surface area contributed by atoms with E-state index in [1.54, 1.807) is 23.0 Å². The Morgan fingerprint density at radius 3 is 1.85 bits per heavy atom. The van der Waals surface area contributed by atoms with E-state index in [0.29, 0.717) is 0 Å². The molecule has 1 aliphatic heterocycles. The highest BCUT2D eigenvalue weighted by Crippen LogP contribution is 2.47. The number of aryl methyl sites for hydroxylation is 1. The predicted octanol–water partition coefficient (Wildman–Crippen LogP) is 11.4. The smallest absolute Gasteiger partial charge is 0.0791 e. The van der Waals surface area contributed by atoms with E-state index in [1.165, 1.54) is 54.5 Å². The molecule has 0 saturated heterocycles. The van der Waals surface area contributed by atoms with Crippen molar-refractivity contribution in [2.75, 3.05) is 11.4 Å². The first kappa shape index (κ1) is 31.2. The van der Waals surface area contributed by atoms with Crippen LogP contribution in [0.25, 0.3) is 22.3 Å². The third-order valence-corrected chi connectivity index (χ3v) is 9.50. The molecule has 5 heteroatoms. The van der Waals surface area contributed by atoms with E-state index in [0.717, 1.165) is 13.0 Å². The molecule has 0 atom stereocenters. The number of benzene rings is 5. The van der Waals surface area contributed by atoms with Crippen LogP contribution in [0.5, 0.6) is 0 Å². The molecule has 0 radical (unpaired) electrons. The fourth-order valence-electron chi connectivity index (χ4n) is 5.67. The van der Waals surface area contributed by atoms with Gasteiger partial charge < -0.3 is 9.47 Å². The number of thiazole rings is 1. The van der Waals surface area contributed by atoms with Gasteiger partial charge in [0.2, 0.25) is 0 Å². The number of nitrogens with zero attached hydrogens (tertiary/aromatic N) is 3. The summed E-state index contributed by atoms with van der Waals surface area (Å²) in [6.07, 6.45) is 6.83. The van der Waals surface area contributed by atoms with Crippen LogP contribution in [0, 0.1) is 0 Å². The normalized spacial score (nSPS) is 11.6. The summed E-state index contributed by atoms with van der Waals surface area (Å²) in [5, 5.41) is 1.93. The van der Waals surface area contributed by atoms with Gasteiger partial charge in [0, 0.05) is 47.4 Å². The monoisotopic (exact) mass is 635 g/mol. The number of aromatic nitrogens is 2. The lowest BCUT2D eigenvalue weighted by Crippen LogP contribution is -2.19. The maximum atomic E-state index is 3.74. The largest absolute Gasteiger partial charge is 0.357 e. The van der Waals surface area contributed by atoms with Gasteiger partial charge in [-0.25, -0.2) is 0 Å². The van der Waals surface area contributed by atoms with Gasteiger partial charge >= 0.3 is 0 Å². The minimum atomic E-state index is 1.01. The summed E-state index contributed by atoms with van der Waals surface area (Å²) in [4.78, 5) is 8.82. The topological polar surface area (TPSA) is 21.1 Å². The Kier molecular flexibility index (Phi) is 10.5. The number of rotatable bonds is 2. The first-order valence-corrected chi connectivity index (χ1v) is 17.3. The lowest BCUT2D eigenvalue weighted by atomic mass is 9.99. The van der Waals surface area contributed by atoms with Gasteiger partial charge in [0.1, 0.15) is 0 Å². The lowest BCUT2D eigenvalue weighted by Gasteiger charge is -2.31. The minimum absolute atomic E-state index is 1.01. The summed E-state index contributed by atoms with van der Waals surface area (Å²) in [7, 11) is 2.00. The molecule has 3 nitrogen and oxygen atoms in total. The van der Waals surface area contributed by atoms with E-state index >= 15 is 0 Å². The Morgan fingerprint density at radius 2 is 1.26 bits per heavy atom. The maximum absolute atomic E-state index is 3.74. The standard InChI is InChI=1S/C19H14.C14H13NS.C5H7N.C3H3NS/c1-2-6-14(7-3-1)15-10-11-19-17(12-15)13-16-8-4-5-9-18(16)19;1-2-15-11-7-3-5-9-13(11)16-14-10-6-4-8-12(14)15;1-6-4-2-3-5-6;1-2-5-3-4-1/h1-12H,13H2;3-10H,2H2,1H3;2-5H,1H3;1-3H. The second-order valence-corrected chi connectivity index (χ2v) is 12.7. The zero-order chi connectivity index (χ0) is 31.6. The molecule has 2 aliphatic rings. The zero-order valence-electron chi connectivity index (χ0n) is 26.2. The summed E-state index contributed by atoms with van der Waals surface area (Å²) < 4.78 is 2.00. The first-order valence-electron chi connectivity index (χ1n) is 15.5. The molecule has 9 rings (SSSR count). The highest BCUT2D eigenvalue weighted by Gasteiger charge is 2.21. The van der Waals surface area contributed by atoms with Crippen molar-refractivity contribution < 1.29 is 0 Å². The molecule has 0 N–H and O–H groups in total. The Hall–Kier alpha value is -4.84. The summed E-state index contributed by atoms with van der Waals surface area (Å²) in [5.41, 5.74) is 12.7. The summed E-state index contributed by atoms with van der Waals surface area (Å²) in [5.74, 6) is 0. The van der Waals surface area contributed by atoms with Crippen LogP contribution in [-0.4, -0.2) is 16.1 Å². The predicted molar refractivity (Wildman–Crippen MR) is 197 cm³/mol. The van der Waals surface area contributed by atoms with Crippen LogP contribution in [0.1, 0.15) is 18.1 Å². The van der Waals surface area contributed by atoms with Crippen LogP contribution < -0.4 is 4.90 Å². The number of fused-ring (bicyclic) bond motifs is 5. The molecule has 0 fully saturated rings. The van der Waals surface area contributed by atoms with Gasteiger partial charge in [-0.15, -0.1) is 11.3 Å². The molecule has 228 valence electrons. The van der Waals surface area contributed by atoms with E-state index in [4.69, 9.17) is 0 Å². The molecule has 3 heterocycles. The Balaban J connectivity index is 0.000000123. The van der Waals surface area contributed by atoms with Crippen LogP contribution in [0.2, 0.25) is 0 Å². The van der Waals surface area contributed by atoms with Crippen molar-refractivity contribution in [2.24, 2.45) is 7.05 Å². The van der Waals surface area contributed by atoms with E-state index in [2.05, 4.69) is 138 Å². The highest BCUT2D eigenvalue weighted by molar-refractivity contribution is 7.99. The van der Waals surface area contributed by atoms with E-state index in [-0.39, 0.29) is 0 Å².